The number of urea groups is 1. The molecule has 2 aliphatic rings. The number of carbonyl (C=O) groups is 2. The summed E-state index contributed by atoms with van der Waals surface area (Å²) < 4.78 is 2.26. The Morgan fingerprint density at radius 3 is 2.78 bits per heavy atom. The number of piperidine rings is 1. The van der Waals surface area contributed by atoms with Crippen LogP contribution in [0.4, 0.5) is 10.5 Å². The topological polar surface area (TPSA) is 79.3 Å². The molecule has 4 heterocycles. The molecule has 0 atom stereocenters. The number of imide groups is 1. The van der Waals surface area contributed by atoms with Crippen LogP contribution in [0.25, 0.3) is 10.9 Å². The molecule has 0 unspecified atom stereocenters. The quantitative estimate of drug-likeness (QED) is 0.878. The van der Waals surface area contributed by atoms with Crippen LogP contribution in [-0.4, -0.2) is 41.1 Å². The fraction of sp³-hybridized carbons (Fsp3) is 0.438. The zero-order chi connectivity index (χ0) is 15.8. The van der Waals surface area contributed by atoms with Crippen molar-refractivity contribution in [1.82, 2.24) is 20.2 Å². The summed E-state index contributed by atoms with van der Waals surface area (Å²) in [4.78, 5) is 29.4. The second-order valence-corrected chi connectivity index (χ2v) is 6.05. The van der Waals surface area contributed by atoms with Crippen molar-refractivity contribution in [3.05, 3.63) is 24.7 Å². The number of fused-ring (bicyclic) bond motifs is 1. The van der Waals surface area contributed by atoms with Gasteiger partial charge >= 0.3 is 6.03 Å². The largest absolute Gasteiger partial charge is 0.343 e. The predicted octanol–water partition coefficient (Wildman–Crippen LogP) is 1.41. The lowest BCUT2D eigenvalue weighted by atomic mass is 10.1. The van der Waals surface area contributed by atoms with Crippen LogP contribution in [0.1, 0.15) is 25.3 Å². The Balaban J connectivity index is 1.73. The lowest BCUT2D eigenvalue weighted by molar-refractivity contribution is -0.120. The molecule has 2 saturated heterocycles. The normalized spacial score (nSPS) is 20.1. The minimum Gasteiger partial charge on any atom is -0.343 e. The Labute approximate surface area is 133 Å². The van der Waals surface area contributed by atoms with Crippen LogP contribution < -0.4 is 15.5 Å². The van der Waals surface area contributed by atoms with Gasteiger partial charge in [0.25, 0.3) is 0 Å². The van der Waals surface area contributed by atoms with Crippen molar-refractivity contribution < 1.29 is 9.59 Å². The molecule has 120 valence electrons. The molecule has 3 amide bonds. The SMILES string of the molecule is O=C1CCN(c2cncc3c2ccn3C2CCNCC2)C(=O)N1. The van der Waals surface area contributed by atoms with Gasteiger partial charge in [-0.3, -0.25) is 20.0 Å². The van der Waals surface area contributed by atoms with E-state index < -0.39 is 0 Å². The van der Waals surface area contributed by atoms with E-state index in [1.165, 1.54) is 0 Å². The number of hydrogen-bond acceptors (Lipinski definition) is 4. The smallest absolute Gasteiger partial charge is 0.328 e. The van der Waals surface area contributed by atoms with E-state index in [1.807, 2.05) is 12.3 Å². The summed E-state index contributed by atoms with van der Waals surface area (Å²) in [6.07, 6.45) is 8.13. The van der Waals surface area contributed by atoms with Crippen LogP contribution in [0.5, 0.6) is 0 Å². The molecule has 2 aromatic rings. The van der Waals surface area contributed by atoms with E-state index in [-0.39, 0.29) is 11.9 Å². The van der Waals surface area contributed by atoms with Gasteiger partial charge in [0.05, 0.1) is 23.6 Å². The molecular formula is C16H19N5O2. The summed E-state index contributed by atoms with van der Waals surface area (Å²) in [6.45, 7) is 2.44. The fourth-order valence-corrected chi connectivity index (χ4v) is 3.47. The third-order valence-corrected chi connectivity index (χ3v) is 4.67. The molecule has 2 aliphatic heterocycles. The van der Waals surface area contributed by atoms with Crippen molar-refractivity contribution in [2.75, 3.05) is 24.5 Å². The lowest BCUT2D eigenvalue weighted by Gasteiger charge is -2.27. The molecule has 7 heteroatoms. The van der Waals surface area contributed by atoms with Gasteiger partial charge in [-0.05, 0) is 32.0 Å². The first-order valence-corrected chi connectivity index (χ1v) is 8.00. The van der Waals surface area contributed by atoms with E-state index in [0.717, 1.165) is 42.5 Å². The van der Waals surface area contributed by atoms with Crippen molar-refractivity contribution in [3.8, 4) is 0 Å². The van der Waals surface area contributed by atoms with Crippen molar-refractivity contribution in [1.29, 1.82) is 0 Å². The van der Waals surface area contributed by atoms with Crippen LogP contribution in [0.15, 0.2) is 24.7 Å². The van der Waals surface area contributed by atoms with Crippen LogP contribution in [0, 0.1) is 0 Å². The van der Waals surface area contributed by atoms with E-state index in [9.17, 15) is 9.59 Å². The summed E-state index contributed by atoms with van der Waals surface area (Å²) in [7, 11) is 0. The number of carbonyl (C=O) groups excluding carboxylic acids is 2. The molecule has 0 bridgehead atoms. The molecule has 2 fully saturated rings. The highest BCUT2D eigenvalue weighted by Gasteiger charge is 2.26. The molecule has 7 nitrogen and oxygen atoms in total. The van der Waals surface area contributed by atoms with Crippen molar-refractivity contribution >= 4 is 28.5 Å². The van der Waals surface area contributed by atoms with Crippen LogP contribution in [-0.2, 0) is 4.79 Å². The fourth-order valence-electron chi connectivity index (χ4n) is 3.47. The van der Waals surface area contributed by atoms with Crippen molar-refractivity contribution in [2.45, 2.75) is 25.3 Å². The molecular weight excluding hydrogens is 294 g/mol. The van der Waals surface area contributed by atoms with Crippen LogP contribution in [0.3, 0.4) is 0 Å². The highest BCUT2D eigenvalue weighted by atomic mass is 16.2. The predicted molar refractivity (Wildman–Crippen MR) is 86.4 cm³/mol. The Kier molecular flexibility index (Phi) is 3.49. The van der Waals surface area contributed by atoms with Gasteiger partial charge in [-0.2, -0.15) is 0 Å². The maximum Gasteiger partial charge on any atom is 0.328 e. The second-order valence-electron chi connectivity index (χ2n) is 6.05. The maximum absolute atomic E-state index is 12.1. The highest BCUT2D eigenvalue weighted by molar-refractivity contribution is 6.09. The molecule has 23 heavy (non-hydrogen) atoms. The van der Waals surface area contributed by atoms with Gasteiger partial charge in [-0.25, -0.2) is 4.79 Å². The number of hydrogen-bond donors (Lipinski definition) is 2. The second kappa shape index (κ2) is 5.66. The first kappa shape index (κ1) is 14.2. The molecule has 0 aromatic carbocycles. The Hall–Kier alpha value is -2.41. The average molecular weight is 313 g/mol. The Morgan fingerprint density at radius 1 is 1.17 bits per heavy atom. The monoisotopic (exact) mass is 313 g/mol. The van der Waals surface area contributed by atoms with Gasteiger partial charge in [0, 0.05) is 30.6 Å². The minimum atomic E-state index is -0.370. The van der Waals surface area contributed by atoms with Crippen LogP contribution >= 0.6 is 0 Å². The minimum absolute atomic E-state index is 0.223. The third-order valence-electron chi connectivity index (χ3n) is 4.67. The molecule has 4 rings (SSSR count). The molecule has 2 aromatic heterocycles. The number of aromatic nitrogens is 2. The molecule has 0 radical (unpaired) electrons. The summed E-state index contributed by atoms with van der Waals surface area (Å²) in [5, 5.41) is 6.75. The van der Waals surface area contributed by atoms with Gasteiger partial charge in [0.1, 0.15) is 0 Å². The molecule has 0 spiro atoms. The number of nitrogens with zero attached hydrogens (tertiary/aromatic N) is 3. The standard InChI is InChI=1S/C16H19N5O2/c22-15-4-8-21(16(23)19-15)14-10-18-9-13-12(14)3-7-20(13)11-1-5-17-6-2-11/h3,7,9-11,17H,1-2,4-6,8H2,(H,19,22,23). The average Bonchev–Trinajstić information content (AvgIpc) is 3.00. The lowest BCUT2D eigenvalue weighted by Crippen LogP contribution is -2.49. The molecule has 2 N–H and O–H groups in total. The molecule has 0 saturated carbocycles. The highest BCUT2D eigenvalue weighted by Crippen LogP contribution is 2.31. The summed E-state index contributed by atoms with van der Waals surface area (Å²) >= 11 is 0. The van der Waals surface area contributed by atoms with Gasteiger partial charge in [0.2, 0.25) is 5.91 Å². The summed E-state index contributed by atoms with van der Waals surface area (Å²) in [6, 6.07) is 2.13. The Morgan fingerprint density at radius 2 is 2.00 bits per heavy atom. The third kappa shape index (κ3) is 2.46. The maximum atomic E-state index is 12.1. The van der Waals surface area contributed by atoms with Gasteiger partial charge in [-0.15, -0.1) is 0 Å². The van der Waals surface area contributed by atoms with Gasteiger partial charge in [0.15, 0.2) is 0 Å². The number of amides is 3. The van der Waals surface area contributed by atoms with Crippen molar-refractivity contribution in [3.63, 3.8) is 0 Å². The van der Waals surface area contributed by atoms with E-state index in [1.54, 1.807) is 11.1 Å². The number of anilines is 1. The van der Waals surface area contributed by atoms with Gasteiger partial charge < -0.3 is 9.88 Å². The zero-order valence-electron chi connectivity index (χ0n) is 12.8. The first-order chi connectivity index (χ1) is 11.2. The van der Waals surface area contributed by atoms with E-state index >= 15 is 0 Å². The van der Waals surface area contributed by atoms with Gasteiger partial charge in [-0.1, -0.05) is 0 Å². The zero-order valence-corrected chi connectivity index (χ0v) is 12.8. The van der Waals surface area contributed by atoms with Crippen LogP contribution in [0.2, 0.25) is 0 Å². The summed E-state index contributed by atoms with van der Waals surface area (Å²) in [5.41, 5.74) is 1.80. The van der Waals surface area contributed by atoms with E-state index in [4.69, 9.17) is 0 Å². The van der Waals surface area contributed by atoms with Crippen molar-refractivity contribution in [2.24, 2.45) is 0 Å². The number of nitrogens with one attached hydrogen (secondary N) is 2. The number of rotatable bonds is 2. The number of pyridine rings is 1. The summed E-state index contributed by atoms with van der Waals surface area (Å²) in [5.74, 6) is -0.223. The molecule has 0 aliphatic carbocycles. The first-order valence-electron chi connectivity index (χ1n) is 8.00. The van der Waals surface area contributed by atoms with E-state index in [0.29, 0.717) is 19.0 Å². The Bertz CT molecular complexity index is 763. The van der Waals surface area contributed by atoms with E-state index in [2.05, 4.69) is 26.4 Å².